The fraction of sp³-hybridized carbons (Fsp3) is 0.200. The minimum Gasteiger partial charge on any atom is -0.327 e. The van der Waals surface area contributed by atoms with Gasteiger partial charge in [-0.2, -0.15) is 0 Å². The molecule has 112 valence electrons. The van der Waals surface area contributed by atoms with E-state index < -0.39 is 17.7 Å². The molecule has 0 aliphatic heterocycles. The summed E-state index contributed by atoms with van der Waals surface area (Å²) in [6.07, 6.45) is 0.0828. The normalized spacial score (nSPS) is 12.4. The molecule has 0 radical (unpaired) electrons. The predicted octanol–water partition coefficient (Wildman–Crippen LogP) is 4.53. The van der Waals surface area contributed by atoms with Crippen LogP contribution in [-0.2, 0) is 6.42 Å². The highest BCUT2D eigenvalue weighted by Crippen LogP contribution is 2.24. The van der Waals surface area contributed by atoms with Crippen molar-refractivity contribution in [2.75, 3.05) is 5.75 Å². The molecule has 0 heterocycles. The van der Waals surface area contributed by atoms with Crippen molar-refractivity contribution in [3.05, 3.63) is 63.9 Å². The van der Waals surface area contributed by atoms with Crippen LogP contribution in [0.25, 0.3) is 0 Å². The number of thioether (sulfide) groups is 1. The van der Waals surface area contributed by atoms with Crippen LogP contribution in [0.3, 0.4) is 0 Å². The van der Waals surface area contributed by atoms with E-state index in [1.807, 2.05) is 0 Å². The van der Waals surface area contributed by atoms with Crippen LogP contribution in [0.2, 0.25) is 0 Å². The zero-order chi connectivity index (χ0) is 15.4. The first-order valence-corrected chi connectivity index (χ1v) is 8.01. The molecule has 0 amide bonds. The lowest BCUT2D eigenvalue weighted by molar-refractivity contribution is 0.539. The molecule has 2 aromatic rings. The molecule has 0 aliphatic carbocycles. The first-order chi connectivity index (χ1) is 9.97. The summed E-state index contributed by atoms with van der Waals surface area (Å²) in [6, 6.07) is 8.22. The largest absolute Gasteiger partial charge is 0.327 e. The second-order valence-electron chi connectivity index (χ2n) is 4.55. The molecule has 1 unspecified atom stereocenters. The summed E-state index contributed by atoms with van der Waals surface area (Å²) in [5.41, 5.74) is 5.89. The van der Waals surface area contributed by atoms with Gasteiger partial charge in [0.15, 0.2) is 0 Å². The summed E-state index contributed by atoms with van der Waals surface area (Å²) in [7, 11) is 0. The van der Waals surface area contributed by atoms with E-state index in [-0.39, 0.29) is 22.3 Å². The highest BCUT2D eigenvalue weighted by Gasteiger charge is 2.16. The van der Waals surface area contributed by atoms with Crippen LogP contribution >= 0.6 is 27.7 Å². The molecule has 1 atom stereocenters. The number of rotatable bonds is 5. The molecule has 0 saturated carbocycles. The Bertz CT molecular complexity index is 636. The minimum absolute atomic E-state index is 0.0308. The molecule has 0 aliphatic rings. The Morgan fingerprint density at radius 1 is 1.14 bits per heavy atom. The third-order valence-electron chi connectivity index (χ3n) is 2.87. The molecular weight excluding hydrogens is 363 g/mol. The molecule has 0 fully saturated rings. The van der Waals surface area contributed by atoms with Crippen molar-refractivity contribution in [1.29, 1.82) is 0 Å². The maximum absolute atomic E-state index is 13.8. The molecule has 2 aromatic carbocycles. The van der Waals surface area contributed by atoms with Crippen molar-refractivity contribution in [2.24, 2.45) is 5.73 Å². The summed E-state index contributed by atoms with van der Waals surface area (Å²) in [5.74, 6) is -1.12. The molecule has 1 nitrogen and oxygen atoms in total. The molecule has 2 rings (SSSR count). The van der Waals surface area contributed by atoms with Gasteiger partial charge < -0.3 is 5.73 Å². The van der Waals surface area contributed by atoms with Gasteiger partial charge in [0.05, 0.1) is 4.47 Å². The third kappa shape index (κ3) is 4.49. The third-order valence-corrected chi connectivity index (χ3v) is 4.66. The van der Waals surface area contributed by atoms with Gasteiger partial charge in [-0.15, -0.1) is 11.8 Å². The van der Waals surface area contributed by atoms with Crippen molar-refractivity contribution < 1.29 is 13.2 Å². The second kappa shape index (κ2) is 7.33. The number of hydrogen-bond donors (Lipinski definition) is 1. The van der Waals surface area contributed by atoms with Crippen LogP contribution < -0.4 is 5.73 Å². The Morgan fingerprint density at radius 3 is 2.62 bits per heavy atom. The van der Waals surface area contributed by atoms with Gasteiger partial charge >= 0.3 is 0 Å². The van der Waals surface area contributed by atoms with Crippen LogP contribution in [0.1, 0.15) is 5.56 Å². The Balaban J connectivity index is 1.99. The zero-order valence-corrected chi connectivity index (χ0v) is 13.4. The lowest BCUT2D eigenvalue weighted by Crippen LogP contribution is -2.26. The molecular formula is C15H13BrF3NS. The Morgan fingerprint density at radius 2 is 1.90 bits per heavy atom. The van der Waals surface area contributed by atoms with E-state index in [9.17, 15) is 13.2 Å². The van der Waals surface area contributed by atoms with Gasteiger partial charge in [-0.05, 0) is 52.7 Å². The van der Waals surface area contributed by atoms with E-state index in [0.717, 1.165) is 4.90 Å². The minimum atomic E-state index is -0.624. The van der Waals surface area contributed by atoms with E-state index in [2.05, 4.69) is 15.9 Å². The standard InChI is InChI=1S/C15H13BrF3NS/c16-13-4-5-14(18)12(15(13)19)7-10(20)8-21-11-3-1-2-9(17)6-11/h1-6,10H,7-8,20H2. The van der Waals surface area contributed by atoms with Crippen molar-refractivity contribution in [1.82, 2.24) is 0 Å². The maximum Gasteiger partial charge on any atom is 0.143 e. The maximum atomic E-state index is 13.8. The Hall–Kier alpha value is -0.980. The summed E-state index contributed by atoms with van der Waals surface area (Å²) >= 11 is 4.38. The average Bonchev–Trinajstić information content (AvgIpc) is 2.46. The molecule has 0 spiro atoms. The van der Waals surface area contributed by atoms with E-state index >= 15 is 0 Å². The average molecular weight is 376 g/mol. The fourth-order valence-electron chi connectivity index (χ4n) is 1.84. The highest BCUT2D eigenvalue weighted by molar-refractivity contribution is 9.10. The quantitative estimate of drug-likeness (QED) is 0.613. The van der Waals surface area contributed by atoms with Crippen LogP contribution in [-0.4, -0.2) is 11.8 Å². The monoisotopic (exact) mass is 375 g/mol. The SMILES string of the molecule is NC(CSc1cccc(F)c1)Cc1c(F)ccc(Br)c1F. The smallest absolute Gasteiger partial charge is 0.143 e. The molecule has 2 N–H and O–H groups in total. The fourth-order valence-corrected chi connectivity index (χ4v) is 3.10. The first-order valence-electron chi connectivity index (χ1n) is 6.23. The summed E-state index contributed by atoms with van der Waals surface area (Å²) in [4.78, 5) is 0.737. The number of benzene rings is 2. The molecule has 21 heavy (non-hydrogen) atoms. The van der Waals surface area contributed by atoms with Crippen molar-refractivity contribution in [3.63, 3.8) is 0 Å². The molecule has 0 aromatic heterocycles. The van der Waals surface area contributed by atoms with Gasteiger partial charge in [-0.25, -0.2) is 13.2 Å². The lowest BCUT2D eigenvalue weighted by Gasteiger charge is -2.13. The van der Waals surface area contributed by atoms with Crippen molar-refractivity contribution in [3.8, 4) is 0 Å². The van der Waals surface area contributed by atoms with Crippen LogP contribution in [0.5, 0.6) is 0 Å². The predicted molar refractivity (Wildman–Crippen MR) is 82.9 cm³/mol. The zero-order valence-electron chi connectivity index (χ0n) is 11.0. The highest BCUT2D eigenvalue weighted by atomic mass is 79.9. The molecule has 0 saturated heterocycles. The Kier molecular flexibility index (Phi) is 5.72. The van der Waals surface area contributed by atoms with Gasteiger partial charge in [0.25, 0.3) is 0 Å². The van der Waals surface area contributed by atoms with E-state index in [0.29, 0.717) is 5.75 Å². The van der Waals surface area contributed by atoms with Crippen molar-refractivity contribution >= 4 is 27.7 Å². The van der Waals surface area contributed by atoms with Gasteiger partial charge in [0.2, 0.25) is 0 Å². The number of nitrogens with two attached hydrogens (primary N) is 1. The van der Waals surface area contributed by atoms with E-state index in [1.54, 1.807) is 12.1 Å². The molecule has 6 heteroatoms. The first kappa shape index (κ1) is 16.4. The number of halogens is 4. The number of hydrogen-bond acceptors (Lipinski definition) is 2. The van der Waals surface area contributed by atoms with Crippen molar-refractivity contribution in [2.45, 2.75) is 17.4 Å². The van der Waals surface area contributed by atoms with Gasteiger partial charge in [0, 0.05) is 22.3 Å². The summed E-state index contributed by atoms with van der Waals surface area (Å²) in [6.45, 7) is 0. The van der Waals surface area contributed by atoms with Crippen LogP contribution in [0, 0.1) is 17.5 Å². The van der Waals surface area contributed by atoms with Gasteiger partial charge in [-0.3, -0.25) is 0 Å². The van der Waals surface area contributed by atoms with E-state index in [4.69, 9.17) is 5.73 Å². The summed E-state index contributed by atoms with van der Waals surface area (Å²) < 4.78 is 40.7. The van der Waals surface area contributed by atoms with Crippen LogP contribution in [0.15, 0.2) is 45.8 Å². The van der Waals surface area contributed by atoms with E-state index in [1.165, 1.54) is 36.0 Å². The second-order valence-corrected chi connectivity index (χ2v) is 6.50. The Labute approximate surface area is 133 Å². The van der Waals surface area contributed by atoms with Gasteiger partial charge in [-0.1, -0.05) is 6.07 Å². The van der Waals surface area contributed by atoms with Crippen LogP contribution in [0.4, 0.5) is 13.2 Å². The lowest BCUT2D eigenvalue weighted by atomic mass is 10.1. The summed E-state index contributed by atoms with van der Waals surface area (Å²) in [5, 5.41) is 0. The van der Waals surface area contributed by atoms with Gasteiger partial charge in [0.1, 0.15) is 17.5 Å². The topological polar surface area (TPSA) is 26.0 Å². The molecule has 0 bridgehead atoms.